The molecule has 2 aromatic carbocycles. The van der Waals surface area contributed by atoms with E-state index in [2.05, 4.69) is 75.3 Å². The van der Waals surface area contributed by atoms with Gasteiger partial charge in [0.15, 0.2) is 0 Å². The number of nitrogens with one attached hydrogen (secondary N) is 1. The second-order valence-corrected chi connectivity index (χ2v) is 4.71. The predicted molar refractivity (Wildman–Crippen MR) is 74.2 cm³/mol. The van der Waals surface area contributed by atoms with Gasteiger partial charge in [0, 0.05) is 5.39 Å². The van der Waals surface area contributed by atoms with Crippen LogP contribution >= 0.6 is 22.6 Å². The Kier molecular flexibility index (Phi) is 2.40. The molecule has 0 atom stereocenters. The summed E-state index contributed by atoms with van der Waals surface area (Å²) in [6.07, 6.45) is 0. The fraction of sp³-hybridized carbons (Fsp3) is 0. The van der Waals surface area contributed by atoms with E-state index in [-0.39, 0.29) is 0 Å². The van der Waals surface area contributed by atoms with E-state index in [0.29, 0.717) is 0 Å². The first-order valence-electron chi connectivity index (χ1n) is 5.03. The summed E-state index contributed by atoms with van der Waals surface area (Å²) in [6.45, 7) is 0. The van der Waals surface area contributed by atoms with Crippen molar-refractivity contribution < 1.29 is 0 Å². The fourth-order valence-corrected chi connectivity index (χ4v) is 2.34. The zero-order valence-corrected chi connectivity index (χ0v) is 10.6. The highest BCUT2D eigenvalue weighted by Gasteiger charge is 2.04. The maximum absolute atomic E-state index is 4.22. The lowest BCUT2D eigenvalue weighted by Gasteiger charge is -2.00. The first-order valence-corrected chi connectivity index (χ1v) is 6.11. The first kappa shape index (κ1) is 9.84. The Labute approximate surface area is 107 Å². The minimum atomic E-state index is 1.02. The second-order valence-electron chi connectivity index (χ2n) is 3.64. The molecule has 2 nitrogen and oxygen atoms in total. The van der Waals surface area contributed by atoms with Gasteiger partial charge in [-0.2, -0.15) is 5.10 Å². The number of fused-ring (bicyclic) bond motifs is 1. The number of nitrogens with zero attached hydrogens (tertiary/aromatic N) is 1. The van der Waals surface area contributed by atoms with Crippen molar-refractivity contribution >= 4 is 33.5 Å². The number of rotatable bonds is 1. The third kappa shape index (κ3) is 1.61. The average Bonchev–Trinajstić information content (AvgIpc) is 2.72. The summed E-state index contributed by atoms with van der Waals surface area (Å²) in [5.41, 5.74) is 3.48. The normalized spacial score (nSPS) is 10.8. The molecule has 3 rings (SSSR count). The molecule has 0 aliphatic rings. The Morgan fingerprint density at radius 2 is 1.75 bits per heavy atom. The first-order chi connectivity index (χ1) is 7.84. The molecule has 3 heteroatoms. The molecule has 1 N–H and O–H groups in total. The van der Waals surface area contributed by atoms with Gasteiger partial charge in [0.25, 0.3) is 0 Å². The molecule has 0 amide bonds. The van der Waals surface area contributed by atoms with Crippen LogP contribution in [0.3, 0.4) is 0 Å². The van der Waals surface area contributed by atoms with Crippen molar-refractivity contribution in [2.75, 3.05) is 0 Å². The van der Waals surface area contributed by atoms with Crippen molar-refractivity contribution in [3.63, 3.8) is 0 Å². The van der Waals surface area contributed by atoms with E-state index in [1.165, 1.54) is 16.5 Å². The van der Waals surface area contributed by atoms with E-state index in [9.17, 15) is 0 Å². The third-order valence-electron chi connectivity index (χ3n) is 2.61. The summed E-state index contributed by atoms with van der Waals surface area (Å²) in [5.74, 6) is 0. The Bertz CT molecular complexity index is 629. The predicted octanol–water partition coefficient (Wildman–Crippen LogP) is 3.83. The van der Waals surface area contributed by atoms with Gasteiger partial charge < -0.3 is 0 Å². The molecule has 0 aliphatic heterocycles. The quantitative estimate of drug-likeness (QED) is 0.678. The van der Waals surface area contributed by atoms with Gasteiger partial charge >= 0.3 is 0 Å². The second kappa shape index (κ2) is 3.90. The summed E-state index contributed by atoms with van der Waals surface area (Å²) >= 11 is 2.27. The van der Waals surface area contributed by atoms with Crippen LogP contribution in [0.2, 0.25) is 0 Å². The molecular formula is C13H9IN2. The Morgan fingerprint density at radius 1 is 0.938 bits per heavy atom. The number of benzene rings is 2. The SMILES string of the molecule is Ic1[nH]nc2ccc(-c3ccccc3)cc12. The van der Waals surface area contributed by atoms with E-state index < -0.39 is 0 Å². The van der Waals surface area contributed by atoms with E-state index in [4.69, 9.17) is 0 Å². The smallest absolute Gasteiger partial charge is 0.104 e. The molecule has 0 saturated carbocycles. The van der Waals surface area contributed by atoms with Crippen LogP contribution < -0.4 is 0 Å². The van der Waals surface area contributed by atoms with Crippen LogP contribution in [0.1, 0.15) is 0 Å². The van der Waals surface area contributed by atoms with Crippen LogP contribution in [0.5, 0.6) is 0 Å². The van der Waals surface area contributed by atoms with Gasteiger partial charge in [-0.3, -0.25) is 5.10 Å². The molecule has 0 saturated heterocycles. The lowest BCUT2D eigenvalue weighted by atomic mass is 10.0. The monoisotopic (exact) mass is 320 g/mol. The van der Waals surface area contributed by atoms with Gasteiger partial charge in [0.2, 0.25) is 0 Å². The summed E-state index contributed by atoms with van der Waals surface area (Å²) < 4.78 is 1.09. The highest BCUT2D eigenvalue weighted by molar-refractivity contribution is 14.1. The van der Waals surface area contributed by atoms with Crippen LogP contribution in [-0.2, 0) is 0 Å². The third-order valence-corrected chi connectivity index (χ3v) is 3.44. The number of aromatic amines is 1. The van der Waals surface area contributed by atoms with Crippen molar-refractivity contribution in [3.8, 4) is 11.1 Å². The standard InChI is InChI=1S/C13H9IN2/c14-13-11-8-10(6-7-12(11)15-16-13)9-4-2-1-3-5-9/h1-8H,(H,15,16). The molecule has 0 spiro atoms. The highest BCUT2D eigenvalue weighted by Crippen LogP contribution is 2.25. The Balaban J connectivity index is 2.22. The maximum atomic E-state index is 4.22. The zero-order valence-electron chi connectivity index (χ0n) is 8.44. The van der Waals surface area contributed by atoms with Crippen molar-refractivity contribution in [2.24, 2.45) is 0 Å². The number of hydrogen-bond donors (Lipinski definition) is 1. The average molecular weight is 320 g/mol. The summed E-state index contributed by atoms with van der Waals surface area (Å²) in [7, 11) is 0. The van der Waals surface area contributed by atoms with E-state index in [1.807, 2.05) is 6.07 Å². The maximum Gasteiger partial charge on any atom is 0.104 e. The van der Waals surface area contributed by atoms with Crippen LogP contribution in [0.25, 0.3) is 22.0 Å². The van der Waals surface area contributed by atoms with Crippen molar-refractivity contribution in [3.05, 3.63) is 52.2 Å². The molecule has 3 aromatic rings. The van der Waals surface area contributed by atoms with Crippen LogP contribution in [0.15, 0.2) is 48.5 Å². The van der Waals surface area contributed by atoms with E-state index in [1.54, 1.807) is 0 Å². The highest BCUT2D eigenvalue weighted by atomic mass is 127. The Hall–Kier alpha value is -1.36. The zero-order chi connectivity index (χ0) is 11.0. The molecule has 0 aliphatic carbocycles. The van der Waals surface area contributed by atoms with Gasteiger partial charge in [-0.1, -0.05) is 36.4 Å². The Morgan fingerprint density at radius 3 is 2.56 bits per heavy atom. The lowest BCUT2D eigenvalue weighted by molar-refractivity contribution is 1.09. The molecular weight excluding hydrogens is 311 g/mol. The van der Waals surface area contributed by atoms with Crippen molar-refractivity contribution in [2.45, 2.75) is 0 Å². The van der Waals surface area contributed by atoms with Crippen LogP contribution in [0.4, 0.5) is 0 Å². The number of H-pyrrole nitrogens is 1. The van der Waals surface area contributed by atoms with E-state index >= 15 is 0 Å². The van der Waals surface area contributed by atoms with Gasteiger partial charge in [-0.25, -0.2) is 0 Å². The molecule has 0 radical (unpaired) electrons. The molecule has 0 fully saturated rings. The molecule has 1 aromatic heterocycles. The molecule has 78 valence electrons. The van der Waals surface area contributed by atoms with Gasteiger partial charge in [0.05, 0.1) is 5.52 Å². The largest absolute Gasteiger partial charge is 0.271 e. The number of halogens is 1. The van der Waals surface area contributed by atoms with Crippen molar-refractivity contribution in [1.82, 2.24) is 10.2 Å². The molecule has 0 unspecified atom stereocenters. The van der Waals surface area contributed by atoms with Gasteiger partial charge in [0.1, 0.15) is 3.70 Å². The number of hydrogen-bond acceptors (Lipinski definition) is 1. The van der Waals surface area contributed by atoms with E-state index in [0.717, 1.165) is 9.22 Å². The van der Waals surface area contributed by atoms with Crippen molar-refractivity contribution in [1.29, 1.82) is 0 Å². The molecule has 16 heavy (non-hydrogen) atoms. The number of aromatic nitrogens is 2. The van der Waals surface area contributed by atoms with Gasteiger partial charge in [-0.05, 0) is 45.9 Å². The minimum absolute atomic E-state index is 1.02. The van der Waals surface area contributed by atoms with Gasteiger partial charge in [-0.15, -0.1) is 0 Å². The summed E-state index contributed by atoms with van der Waals surface area (Å²) in [4.78, 5) is 0. The summed E-state index contributed by atoms with van der Waals surface area (Å²) in [6, 6.07) is 16.7. The lowest BCUT2D eigenvalue weighted by Crippen LogP contribution is -1.77. The molecule has 1 heterocycles. The fourth-order valence-electron chi connectivity index (χ4n) is 1.79. The van der Waals surface area contributed by atoms with Crippen LogP contribution in [-0.4, -0.2) is 10.2 Å². The minimum Gasteiger partial charge on any atom is -0.271 e. The van der Waals surface area contributed by atoms with Crippen LogP contribution in [0, 0.1) is 3.70 Å². The topological polar surface area (TPSA) is 28.7 Å². The molecule has 0 bridgehead atoms. The summed E-state index contributed by atoms with van der Waals surface area (Å²) in [5, 5.41) is 8.39.